The van der Waals surface area contributed by atoms with Crippen molar-refractivity contribution in [2.75, 3.05) is 19.6 Å². The smallest absolute Gasteiger partial charge is 0.206 e. The minimum atomic E-state index is -3.92. The average Bonchev–Trinajstić information content (AvgIpc) is 2.77. The van der Waals surface area contributed by atoms with Crippen LogP contribution in [-0.2, 0) is 16.3 Å². The van der Waals surface area contributed by atoms with E-state index in [9.17, 15) is 17.2 Å². The van der Waals surface area contributed by atoms with Crippen LogP contribution in [0, 0.1) is 24.5 Å². The van der Waals surface area contributed by atoms with E-state index in [-0.39, 0.29) is 9.79 Å². The minimum Gasteiger partial charge on any atom is -0.304 e. The first kappa shape index (κ1) is 29.2. The molecule has 1 atom stereocenters. The molecule has 0 radical (unpaired) electrons. The van der Waals surface area contributed by atoms with Gasteiger partial charge in [0.2, 0.25) is 9.84 Å². The predicted octanol–water partition coefficient (Wildman–Crippen LogP) is 7.21. The van der Waals surface area contributed by atoms with Crippen molar-refractivity contribution < 1.29 is 17.2 Å². The Morgan fingerprint density at radius 3 is 2.03 bits per heavy atom. The van der Waals surface area contributed by atoms with Gasteiger partial charge in [0.15, 0.2) is 0 Å². The molecule has 1 unspecified atom stereocenters. The van der Waals surface area contributed by atoms with Gasteiger partial charge in [0, 0.05) is 6.07 Å². The summed E-state index contributed by atoms with van der Waals surface area (Å²) in [5.41, 5.74) is 1.93. The van der Waals surface area contributed by atoms with Crippen molar-refractivity contribution in [3.8, 4) is 0 Å². The van der Waals surface area contributed by atoms with Gasteiger partial charge in [-0.05, 0) is 87.1 Å². The van der Waals surface area contributed by atoms with Gasteiger partial charge >= 0.3 is 0 Å². The van der Waals surface area contributed by atoms with Crippen molar-refractivity contribution in [3.63, 3.8) is 0 Å². The second-order valence-electron chi connectivity index (χ2n) is 8.68. The molecule has 0 saturated carbocycles. The first-order valence-electron chi connectivity index (χ1n) is 12.1. The van der Waals surface area contributed by atoms with Crippen LogP contribution in [-0.4, -0.2) is 33.0 Å². The molecule has 33 heavy (non-hydrogen) atoms. The maximum absolute atomic E-state index is 13.2. The molecule has 0 fully saturated rings. The molecule has 0 aliphatic carbocycles. The lowest BCUT2D eigenvalue weighted by Crippen LogP contribution is -2.26. The van der Waals surface area contributed by atoms with Crippen molar-refractivity contribution in [1.29, 1.82) is 0 Å². The largest absolute Gasteiger partial charge is 0.304 e. The average molecular weight is 482 g/mol. The number of hydrogen-bond acceptors (Lipinski definition) is 3. The number of aryl methyl sites for hydroxylation is 2. The van der Waals surface area contributed by atoms with Gasteiger partial charge < -0.3 is 4.90 Å². The molecule has 0 heterocycles. The van der Waals surface area contributed by atoms with Crippen LogP contribution in [0.5, 0.6) is 0 Å². The van der Waals surface area contributed by atoms with Crippen LogP contribution < -0.4 is 0 Å². The zero-order valence-corrected chi connectivity index (χ0v) is 21.9. The molecule has 0 bridgehead atoms. The summed E-state index contributed by atoms with van der Waals surface area (Å²) < 4.78 is 51.4. The number of hydrogen-bond donors (Lipinski definition) is 0. The third-order valence-electron chi connectivity index (χ3n) is 5.92. The van der Waals surface area contributed by atoms with Crippen molar-refractivity contribution in [2.45, 2.75) is 83.4 Å². The second-order valence-corrected chi connectivity index (χ2v) is 10.6. The maximum Gasteiger partial charge on any atom is 0.206 e. The molecular formula is C27H41F2NO2S. The Labute approximate surface area is 200 Å². The minimum absolute atomic E-state index is 0.0570. The lowest BCUT2D eigenvalue weighted by atomic mass is 10.0. The molecule has 0 aromatic heterocycles. The van der Waals surface area contributed by atoms with Crippen molar-refractivity contribution >= 4 is 9.84 Å². The molecule has 2 aromatic carbocycles. The lowest BCUT2D eigenvalue weighted by molar-refractivity contribution is 0.265. The summed E-state index contributed by atoms with van der Waals surface area (Å²) in [7, 11) is -3.92. The summed E-state index contributed by atoms with van der Waals surface area (Å²) in [6.07, 6.45) is 5.62. The molecule has 0 aliphatic heterocycles. The zero-order chi connectivity index (χ0) is 25.0. The van der Waals surface area contributed by atoms with Crippen LogP contribution >= 0.6 is 0 Å². The van der Waals surface area contributed by atoms with Gasteiger partial charge in [-0.1, -0.05) is 53.5 Å². The highest BCUT2D eigenvalue weighted by atomic mass is 32.2. The summed E-state index contributed by atoms with van der Waals surface area (Å²) in [5, 5.41) is 0. The normalized spacial score (nSPS) is 12.4. The van der Waals surface area contributed by atoms with E-state index >= 15 is 0 Å². The van der Waals surface area contributed by atoms with E-state index in [1.54, 1.807) is 12.1 Å². The number of rotatable bonds is 11. The summed E-state index contributed by atoms with van der Waals surface area (Å²) in [5.74, 6) is -0.917. The molecular weight excluding hydrogens is 440 g/mol. The molecule has 0 amide bonds. The quantitative estimate of drug-likeness (QED) is 0.340. The van der Waals surface area contributed by atoms with Crippen molar-refractivity contribution in [3.05, 3.63) is 59.2 Å². The lowest BCUT2D eigenvalue weighted by Gasteiger charge is -2.21. The molecule has 2 rings (SSSR count). The Bertz CT molecular complexity index is 940. The standard InChI is InChI=1S/C16H16F2O2S.C11H25N/c1-3-4-12-7-15(6-5-11(12)2)21(19,20)16-9-13(17)8-14(18)10-16;1-5-9-12(7-3)10-8-11(4)6-2/h5-10H,3-4H2,1-2H3;11H,5-10H2,1-4H3. The Morgan fingerprint density at radius 1 is 0.879 bits per heavy atom. The first-order valence-corrected chi connectivity index (χ1v) is 13.6. The number of nitrogens with zero attached hydrogens (tertiary/aromatic N) is 1. The molecule has 186 valence electrons. The molecule has 2 aromatic rings. The Hall–Kier alpha value is -1.79. The van der Waals surface area contributed by atoms with E-state index in [4.69, 9.17) is 0 Å². The van der Waals surface area contributed by atoms with Gasteiger partial charge in [-0.25, -0.2) is 17.2 Å². The number of halogens is 2. The fraction of sp³-hybridized carbons (Fsp3) is 0.556. The van der Waals surface area contributed by atoms with Gasteiger partial charge in [0.1, 0.15) is 11.6 Å². The van der Waals surface area contributed by atoms with Gasteiger partial charge in [-0.15, -0.1) is 0 Å². The summed E-state index contributed by atoms with van der Waals surface area (Å²) >= 11 is 0. The monoisotopic (exact) mass is 481 g/mol. The van der Waals surface area contributed by atoms with Gasteiger partial charge in [0.05, 0.1) is 9.79 Å². The van der Waals surface area contributed by atoms with Crippen LogP contribution in [0.1, 0.15) is 71.4 Å². The molecule has 3 nitrogen and oxygen atoms in total. The molecule has 0 aliphatic rings. The highest BCUT2D eigenvalue weighted by Crippen LogP contribution is 2.25. The van der Waals surface area contributed by atoms with E-state index in [1.807, 2.05) is 13.8 Å². The highest BCUT2D eigenvalue weighted by Gasteiger charge is 2.20. The van der Waals surface area contributed by atoms with Crippen molar-refractivity contribution in [2.24, 2.45) is 5.92 Å². The molecule has 6 heteroatoms. The molecule has 0 N–H and O–H groups in total. The Kier molecular flexibility index (Phi) is 12.8. The summed E-state index contributed by atoms with van der Waals surface area (Å²) in [6, 6.07) is 7.07. The maximum atomic E-state index is 13.2. The van der Waals surface area contributed by atoms with Crippen molar-refractivity contribution in [1.82, 2.24) is 4.90 Å². The molecule has 0 spiro atoms. The van der Waals surface area contributed by atoms with Crippen LogP contribution in [0.15, 0.2) is 46.2 Å². The summed E-state index contributed by atoms with van der Waals surface area (Å²) in [6.45, 7) is 16.8. The van der Waals surface area contributed by atoms with E-state index < -0.39 is 21.5 Å². The molecule has 0 saturated heterocycles. The van der Waals surface area contributed by atoms with Gasteiger partial charge in [-0.2, -0.15) is 0 Å². The topological polar surface area (TPSA) is 37.4 Å². The zero-order valence-electron chi connectivity index (χ0n) is 21.1. The SMILES string of the molecule is CCCN(CC)CCC(C)CC.CCCc1cc(S(=O)(=O)c2cc(F)cc(F)c2)ccc1C. The Morgan fingerprint density at radius 2 is 1.52 bits per heavy atom. The number of benzene rings is 2. The van der Waals surface area contributed by atoms with E-state index in [1.165, 1.54) is 45.0 Å². The van der Waals surface area contributed by atoms with E-state index in [0.29, 0.717) is 6.07 Å². The fourth-order valence-corrected chi connectivity index (χ4v) is 4.88. The summed E-state index contributed by atoms with van der Waals surface area (Å²) in [4.78, 5) is 2.24. The van der Waals surface area contributed by atoms with Gasteiger partial charge in [0.25, 0.3) is 0 Å². The first-order chi connectivity index (χ1) is 15.6. The highest BCUT2D eigenvalue weighted by molar-refractivity contribution is 7.91. The fourth-order valence-electron chi connectivity index (χ4n) is 3.52. The van der Waals surface area contributed by atoms with Crippen LogP contribution in [0.25, 0.3) is 0 Å². The third kappa shape index (κ3) is 9.54. The van der Waals surface area contributed by atoms with E-state index in [2.05, 4.69) is 32.6 Å². The third-order valence-corrected chi connectivity index (χ3v) is 7.65. The van der Waals surface area contributed by atoms with Crippen LogP contribution in [0.3, 0.4) is 0 Å². The van der Waals surface area contributed by atoms with Crippen LogP contribution in [0.2, 0.25) is 0 Å². The number of sulfone groups is 1. The van der Waals surface area contributed by atoms with Gasteiger partial charge in [-0.3, -0.25) is 0 Å². The predicted molar refractivity (Wildman–Crippen MR) is 133 cm³/mol. The van der Waals surface area contributed by atoms with E-state index in [0.717, 1.165) is 42.0 Å². The van der Waals surface area contributed by atoms with Crippen LogP contribution in [0.4, 0.5) is 8.78 Å². The Balaban J connectivity index is 0.000000389. The second kappa shape index (κ2) is 14.5.